The molecule has 0 bridgehead atoms. The third kappa shape index (κ3) is 2.54. The lowest BCUT2D eigenvalue weighted by atomic mass is 10.3. The number of hydrogen-bond acceptors (Lipinski definition) is 3. The molecule has 1 heterocycles. The smallest absolute Gasteiger partial charge is 0.307 e. The largest absolute Gasteiger partial charge is 0.481 e. The Morgan fingerprint density at radius 2 is 1.87 bits per heavy atom. The van der Waals surface area contributed by atoms with Crippen LogP contribution in [0.25, 0.3) is 5.69 Å². The molecule has 1 fully saturated rings. The second-order valence-electron chi connectivity index (χ2n) is 5.71. The molecule has 0 radical (unpaired) electrons. The van der Waals surface area contributed by atoms with Crippen LogP contribution < -0.4 is 10.9 Å². The minimum Gasteiger partial charge on any atom is -0.481 e. The van der Waals surface area contributed by atoms with Crippen molar-refractivity contribution >= 4 is 17.6 Å². The monoisotopic (exact) mass is 315 g/mol. The van der Waals surface area contributed by atoms with Gasteiger partial charge in [-0.25, -0.2) is 4.68 Å². The van der Waals surface area contributed by atoms with Crippen LogP contribution in [0.3, 0.4) is 0 Å². The van der Waals surface area contributed by atoms with Gasteiger partial charge >= 0.3 is 5.97 Å². The minimum absolute atomic E-state index is 0.192. The molecule has 1 aliphatic carbocycles. The van der Waals surface area contributed by atoms with E-state index >= 15 is 0 Å². The van der Waals surface area contributed by atoms with E-state index in [9.17, 15) is 14.4 Å². The molecule has 2 aromatic rings. The Kier molecular flexibility index (Phi) is 3.55. The summed E-state index contributed by atoms with van der Waals surface area (Å²) in [6.45, 7) is 1.73. The molecule has 2 N–H and O–H groups in total. The number of para-hydroxylation sites is 1. The highest BCUT2D eigenvalue weighted by Gasteiger charge is 2.48. The number of amides is 1. The van der Waals surface area contributed by atoms with Crippen LogP contribution in [0.5, 0.6) is 0 Å². The Morgan fingerprint density at radius 1 is 1.22 bits per heavy atom. The van der Waals surface area contributed by atoms with Crippen LogP contribution in [-0.4, -0.2) is 26.3 Å². The van der Waals surface area contributed by atoms with Crippen molar-refractivity contribution in [1.82, 2.24) is 9.36 Å². The molecule has 3 rings (SSSR count). The summed E-state index contributed by atoms with van der Waals surface area (Å²) >= 11 is 0. The lowest BCUT2D eigenvalue weighted by Gasteiger charge is -2.07. The maximum Gasteiger partial charge on any atom is 0.307 e. The summed E-state index contributed by atoms with van der Waals surface area (Å²) in [5.74, 6) is -2.59. The summed E-state index contributed by atoms with van der Waals surface area (Å²) in [7, 11) is 1.73. The number of benzene rings is 1. The van der Waals surface area contributed by atoms with Crippen molar-refractivity contribution in [3.05, 3.63) is 46.4 Å². The number of carbonyl (C=O) groups excluding carboxylic acids is 1. The van der Waals surface area contributed by atoms with Crippen molar-refractivity contribution in [1.29, 1.82) is 0 Å². The van der Waals surface area contributed by atoms with Gasteiger partial charge in [-0.05, 0) is 25.5 Å². The minimum atomic E-state index is -0.975. The van der Waals surface area contributed by atoms with Gasteiger partial charge in [0.15, 0.2) is 0 Å². The first-order valence-electron chi connectivity index (χ1n) is 7.29. The summed E-state index contributed by atoms with van der Waals surface area (Å²) in [6, 6.07) is 9.10. The number of carbonyl (C=O) groups is 2. The second kappa shape index (κ2) is 5.42. The van der Waals surface area contributed by atoms with Crippen molar-refractivity contribution < 1.29 is 14.7 Å². The van der Waals surface area contributed by atoms with Crippen molar-refractivity contribution in [3.63, 3.8) is 0 Å². The highest BCUT2D eigenvalue weighted by Crippen LogP contribution is 2.39. The third-order valence-corrected chi connectivity index (χ3v) is 4.25. The molecule has 1 aromatic carbocycles. The van der Waals surface area contributed by atoms with Crippen LogP contribution in [0.1, 0.15) is 12.1 Å². The molecule has 1 aliphatic rings. The van der Waals surface area contributed by atoms with Crippen molar-refractivity contribution in [2.45, 2.75) is 13.3 Å². The third-order valence-electron chi connectivity index (χ3n) is 4.25. The lowest BCUT2D eigenvalue weighted by Crippen LogP contribution is -2.24. The number of carboxylic acid groups (broad SMARTS) is 1. The fraction of sp³-hybridized carbons (Fsp3) is 0.312. The molecule has 120 valence electrons. The summed E-state index contributed by atoms with van der Waals surface area (Å²) in [5.41, 5.74) is 1.16. The Bertz CT molecular complexity index is 835. The summed E-state index contributed by atoms with van der Waals surface area (Å²) in [4.78, 5) is 35.6. The zero-order valence-electron chi connectivity index (χ0n) is 12.8. The van der Waals surface area contributed by atoms with E-state index in [1.807, 2.05) is 18.2 Å². The molecule has 1 saturated carbocycles. The summed E-state index contributed by atoms with van der Waals surface area (Å²) in [5, 5.41) is 11.5. The van der Waals surface area contributed by atoms with Crippen LogP contribution >= 0.6 is 0 Å². The van der Waals surface area contributed by atoms with Gasteiger partial charge in [-0.1, -0.05) is 18.2 Å². The molecular formula is C16H17N3O4. The van der Waals surface area contributed by atoms with Crippen LogP contribution in [0.4, 0.5) is 5.69 Å². The topological polar surface area (TPSA) is 93.3 Å². The van der Waals surface area contributed by atoms with E-state index in [-0.39, 0.29) is 11.2 Å². The van der Waals surface area contributed by atoms with Gasteiger partial charge in [0.2, 0.25) is 5.91 Å². The molecule has 2 atom stereocenters. The van der Waals surface area contributed by atoms with E-state index in [0.29, 0.717) is 17.8 Å². The molecule has 23 heavy (non-hydrogen) atoms. The molecule has 1 aromatic heterocycles. The van der Waals surface area contributed by atoms with E-state index in [2.05, 4.69) is 5.32 Å². The second-order valence-corrected chi connectivity index (χ2v) is 5.71. The molecule has 0 saturated heterocycles. The van der Waals surface area contributed by atoms with Crippen LogP contribution in [0.2, 0.25) is 0 Å². The number of nitrogens with zero attached hydrogens (tertiary/aromatic N) is 2. The van der Waals surface area contributed by atoms with Gasteiger partial charge in [0.1, 0.15) is 5.69 Å². The quantitative estimate of drug-likeness (QED) is 0.885. The maximum atomic E-state index is 12.6. The summed E-state index contributed by atoms with van der Waals surface area (Å²) in [6.07, 6.45) is 0.319. The average Bonchev–Trinajstić information content (AvgIpc) is 3.30. The molecule has 2 unspecified atom stereocenters. The average molecular weight is 315 g/mol. The number of nitrogens with one attached hydrogen (secondary N) is 1. The van der Waals surface area contributed by atoms with Gasteiger partial charge in [-0.15, -0.1) is 0 Å². The Labute approximate surface area is 132 Å². The highest BCUT2D eigenvalue weighted by molar-refractivity contribution is 5.98. The van der Waals surface area contributed by atoms with E-state index < -0.39 is 23.7 Å². The van der Waals surface area contributed by atoms with E-state index in [1.54, 1.807) is 30.8 Å². The van der Waals surface area contributed by atoms with Gasteiger partial charge in [0, 0.05) is 7.05 Å². The van der Waals surface area contributed by atoms with Crippen molar-refractivity contribution in [2.75, 3.05) is 5.32 Å². The fourth-order valence-corrected chi connectivity index (χ4v) is 2.69. The first-order chi connectivity index (χ1) is 10.9. The van der Waals surface area contributed by atoms with Gasteiger partial charge in [-0.2, -0.15) is 0 Å². The normalized spacial score (nSPS) is 19.4. The first kappa shape index (κ1) is 15.1. The van der Waals surface area contributed by atoms with Gasteiger partial charge in [-0.3, -0.25) is 19.1 Å². The number of hydrogen-bond donors (Lipinski definition) is 2. The van der Waals surface area contributed by atoms with Crippen LogP contribution in [0, 0.1) is 18.8 Å². The van der Waals surface area contributed by atoms with Gasteiger partial charge in [0.05, 0.1) is 23.2 Å². The molecule has 0 aliphatic heterocycles. The van der Waals surface area contributed by atoms with E-state index in [4.69, 9.17) is 5.11 Å². The number of anilines is 1. The van der Waals surface area contributed by atoms with E-state index in [0.717, 1.165) is 0 Å². The number of aromatic nitrogens is 2. The fourth-order valence-electron chi connectivity index (χ4n) is 2.69. The van der Waals surface area contributed by atoms with E-state index in [1.165, 1.54) is 4.68 Å². The predicted molar refractivity (Wildman–Crippen MR) is 83.6 cm³/mol. The number of rotatable bonds is 4. The van der Waals surface area contributed by atoms with Crippen molar-refractivity contribution in [2.24, 2.45) is 18.9 Å². The van der Waals surface area contributed by atoms with Gasteiger partial charge in [0.25, 0.3) is 5.56 Å². The first-order valence-corrected chi connectivity index (χ1v) is 7.29. The zero-order valence-corrected chi connectivity index (χ0v) is 12.8. The molecule has 1 amide bonds. The lowest BCUT2D eigenvalue weighted by molar-refractivity contribution is -0.139. The van der Waals surface area contributed by atoms with Gasteiger partial charge < -0.3 is 10.4 Å². The number of aliphatic carboxylic acids is 1. The Balaban J connectivity index is 1.91. The predicted octanol–water partition coefficient (Wildman–Crippen LogP) is 1.14. The van der Waals surface area contributed by atoms with Crippen LogP contribution in [0.15, 0.2) is 35.1 Å². The summed E-state index contributed by atoms with van der Waals surface area (Å²) < 4.78 is 3.13. The Hall–Kier alpha value is -2.83. The van der Waals surface area contributed by atoms with Crippen molar-refractivity contribution in [3.8, 4) is 5.69 Å². The molecule has 7 heteroatoms. The van der Waals surface area contributed by atoms with Crippen LogP contribution in [-0.2, 0) is 16.6 Å². The SMILES string of the molecule is Cc1c(NC(=O)C2CC2C(=O)O)c(=O)n(-c2ccccc2)n1C. The maximum absolute atomic E-state index is 12.6. The molecular weight excluding hydrogens is 298 g/mol. The Morgan fingerprint density at radius 3 is 2.43 bits per heavy atom. The molecule has 0 spiro atoms. The molecule has 7 nitrogen and oxygen atoms in total. The standard InChI is InChI=1S/C16H17N3O4/c1-9-13(17-14(20)11-8-12(11)16(22)23)15(21)19(18(9)2)10-6-4-3-5-7-10/h3-7,11-12H,8H2,1-2H3,(H,17,20)(H,22,23). The zero-order chi connectivity index (χ0) is 16.7. The highest BCUT2D eigenvalue weighted by atomic mass is 16.4. The number of carboxylic acids is 1.